The molecule has 0 bridgehead atoms. The zero-order chi connectivity index (χ0) is 18.2. The van der Waals surface area contributed by atoms with Crippen LogP contribution in [0.15, 0.2) is 29.3 Å². The van der Waals surface area contributed by atoms with E-state index in [1.807, 2.05) is 11.8 Å². The SMILES string of the molecule is CSC(C)CNC(=NCC(=O)N(C)C)NC1CCc2ccccc2C1.I. The topological polar surface area (TPSA) is 56.7 Å². The maximum atomic E-state index is 11.9. The second-order valence-electron chi connectivity index (χ2n) is 6.73. The lowest BCUT2D eigenvalue weighted by Gasteiger charge is -2.27. The van der Waals surface area contributed by atoms with Gasteiger partial charge in [-0.2, -0.15) is 11.8 Å². The normalized spacial score (nSPS) is 17.5. The van der Waals surface area contributed by atoms with Crippen molar-refractivity contribution in [1.29, 1.82) is 0 Å². The molecule has 0 saturated carbocycles. The molecule has 2 unspecified atom stereocenters. The van der Waals surface area contributed by atoms with Crippen LogP contribution >= 0.6 is 35.7 Å². The molecule has 0 aromatic heterocycles. The number of halogens is 1. The van der Waals surface area contributed by atoms with Crippen LogP contribution in [0.3, 0.4) is 0 Å². The van der Waals surface area contributed by atoms with Gasteiger partial charge in [-0.1, -0.05) is 31.2 Å². The molecule has 1 aliphatic rings. The summed E-state index contributed by atoms with van der Waals surface area (Å²) in [6, 6.07) is 8.98. The van der Waals surface area contributed by atoms with Crippen molar-refractivity contribution in [3.05, 3.63) is 35.4 Å². The van der Waals surface area contributed by atoms with E-state index in [1.165, 1.54) is 11.1 Å². The molecular formula is C19H31IN4OS. The summed E-state index contributed by atoms with van der Waals surface area (Å²) in [5, 5.41) is 7.40. The van der Waals surface area contributed by atoms with Crippen LogP contribution in [0.25, 0.3) is 0 Å². The Kier molecular flexibility index (Phi) is 10.4. The first-order valence-electron chi connectivity index (χ1n) is 8.84. The van der Waals surface area contributed by atoms with Gasteiger partial charge in [0.2, 0.25) is 5.91 Å². The largest absolute Gasteiger partial charge is 0.355 e. The van der Waals surface area contributed by atoms with E-state index in [1.54, 1.807) is 19.0 Å². The Bertz CT molecular complexity index is 609. The fraction of sp³-hybridized carbons (Fsp3) is 0.579. The lowest BCUT2D eigenvalue weighted by atomic mass is 9.88. The number of likely N-dealkylation sites (N-methyl/N-ethyl adjacent to an activating group) is 1. The predicted octanol–water partition coefficient (Wildman–Crippen LogP) is 2.54. The maximum Gasteiger partial charge on any atom is 0.243 e. The van der Waals surface area contributed by atoms with E-state index >= 15 is 0 Å². The molecule has 1 amide bonds. The average Bonchev–Trinajstić information content (AvgIpc) is 2.62. The van der Waals surface area contributed by atoms with Gasteiger partial charge >= 0.3 is 0 Å². The molecule has 146 valence electrons. The van der Waals surface area contributed by atoms with Gasteiger partial charge < -0.3 is 15.5 Å². The summed E-state index contributed by atoms with van der Waals surface area (Å²) >= 11 is 1.81. The van der Waals surface area contributed by atoms with Gasteiger partial charge in [-0.25, -0.2) is 4.99 Å². The van der Waals surface area contributed by atoms with E-state index in [0.717, 1.165) is 31.8 Å². The van der Waals surface area contributed by atoms with Crippen molar-refractivity contribution in [3.8, 4) is 0 Å². The predicted molar refractivity (Wildman–Crippen MR) is 123 cm³/mol. The number of aryl methyl sites for hydroxylation is 1. The number of guanidine groups is 1. The monoisotopic (exact) mass is 490 g/mol. The summed E-state index contributed by atoms with van der Waals surface area (Å²) in [4.78, 5) is 17.9. The minimum atomic E-state index is 0. The smallest absolute Gasteiger partial charge is 0.243 e. The molecule has 0 fully saturated rings. The van der Waals surface area contributed by atoms with Crippen molar-refractivity contribution in [1.82, 2.24) is 15.5 Å². The maximum absolute atomic E-state index is 11.9. The molecule has 26 heavy (non-hydrogen) atoms. The second-order valence-corrected chi connectivity index (χ2v) is 8.01. The summed E-state index contributed by atoms with van der Waals surface area (Å²) in [6.07, 6.45) is 5.26. The van der Waals surface area contributed by atoms with Gasteiger partial charge in [0.25, 0.3) is 0 Å². The number of nitrogens with one attached hydrogen (secondary N) is 2. The summed E-state index contributed by atoms with van der Waals surface area (Å²) in [5.41, 5.74) is 2.86. The van der Waals surface area contributed by atoms with Crippen molar-refractivity contribution in [2.45, 2.75) is 37.5 Å². The van der Waals surface area contributed by atoms with E-state index < -0.39 is 0 Å². The fourth-order valence-corrected chi connectivity index (χ4v) is 3.03. The van der Waals surface area contributed by atoms with Crippen molar-refractivity contribution in [2.24, 2.45) is 4.99 Å². The van der Waals surface area contributed by atoms with E-state index in [-0.39, 0.29) is 36.4 Å². The Morgan fingerprint density at radius 3 is 2.69 bits per heavy atom. The highest BCUT2D eigenvalue weighted by atomic mass is 127. The number of aliphatic imine (C=N–C) groups is 1. The van der Waals surface area contributed by atoms with Crippen LogP contribution < -0.4 is 10.6 Å². The van der Waals surface area contributed by atoms with Gasteiger partial charge in [0.05, 0.1) is 0 Å². The van der Waals surface area contributed by atoms with E-state index in [0.29, 0.717) is 11.3 Å². The first-order valence-corrected chi connectivity index (χ1v) is 10.1. The molecule has 2 rings (SSSR count). The highest BCUT2D eigenvalue weighted by molar-refractivity contribution is 14.0. The Hall–Kier alpha value is -0.960. The quantitative estimate of drug-likeness (QED) is 0.366. The molecule has 2 atom stereocenters. The van der Waals surface area contributed by atoms with Crippen molar-refractivity contribution >= 4 is 47.6 Å². The van der Waals surface area contributed by atoms with Gasteiger partial charge in [0, 0.05) is 31.9 Å². The summed E-state index contributed by atoms with van der Waals surface area (Å²) in [5.74, 6) is 0.744. The van der Waals surface area contributed by atoms with Crippen molar-refractivity contribution in [3.63, 3.8) is 0 Å². The summed E-state index contributed by atoms with van der Waals surface area (Å²) in [6.45, 7) is 3.17. The molecule has 0 saturated heterocycles. The number of carbonyl (C=O) groups excluding carboxylic acids is 1. The molecular weight excluding hydrogens is 459 g/mol. The van der Waals surface area contributed by atoms with Crippen LogP contribution in [0.1, 0.15) is 24.5 Å². The molecule has 2 N–H and O–H groups in total. The first-order chi connectivity index (χ1) is 12.0. The molecule has 1 aromatic rings. The number of thioether (sulfide) groups is 1. The van der Waals surface area contributed by atoms with Crippen molar-refractivity contribution < 1.29 is 4.79 Å². The standard InChI is InChI=1S/C19H30N4OS.HI/c1-14(25-4)12-20-19(21-13-18(24)23(2)3)22-17-10-9-15-7-5-6-8-16(15)11-17;/h5-8,14,17H,9-13H2,1-4H3,(H2,20,21,22);1H. The van der Waals surface area contributed by atoms with Crippen LogP contribution in [-0.4, -0.2) is 61.5 Å². The van der Waals surface area contributed by atoms with Crippen molar-refractivity contribution in [2.75, 3.05) is 33.4 Å². The third-order valence-corrected chi connectivity index (χ3v) is 5.49. The Morgan fingerprint density at radius 1 is 1.35 bits per heavy atom. The second kappa shape index (κ2) is 11.7. The summed E-state index contributed by atoms with van der Waals surface area (Å²) < 4.78 is 0. The number of amides is 1. The van der Waals surface area contributed by atoms with Gasteiger partial charge in [0.1, 0.15) is 6.54 Å². The molecule has 1 aliphatic carbocycles. The first kappa shape index (κ1) is 23.1. The molecule has 5 nitrogen and oxygen atoms in total. The number of hydrogen-bond acceptors (Lipinski definition) is 3. The van der Waals surface area contributed by atoms with Gasteiger partial charge in [0.15, 0.2) is 5.96 Å². The molecule has 0 spiro atoms. The van der Waals surface area contributed by atoms with E-state index in [4.69, 9.17) is 0 Å². The molecule has 0 aliphatic heterocycles. The molecule has 7 heteroatoms. The lowest BCUT2D eigenvalue weighted by molar-refractivity contribution is -0.127. The molecule has 1 aromatic carbocycles. The summed E-state index contributed by atoms with van der Waals surface area (Å²) in [7, 11) is 3.51. The molecule has 0 heterocycles. The fourth-order valence-electron chi connectivity index (χ4n) is 2.78. The van der Waals surface area contributed by atoms with E-state index in [2.05, 4.69) is 53.1 Å². The number of benzene rings is 1. The minimum absolute atomic E-state index is 0. The minimum Gasteiger partial charge on any atom is -0.355 e. The van der Waals surface area contributed by atoms with Crippen LogP contribution in [0.5, 0.6) is 0 Å². The average molecular weight is 490 g/mol. The van der Waals surface area contributed by atoms with E-state index in [9.17, 15) is 4.79 Å². The van der Waals surface area contributed by atoms with Gasteiger partial charge in [-0.15, -0.1) is 24.0 Å². The van der Waals surface area contributed by atoms with Crippen LogP contribution in [0.4, 0.5) is 0 Å². The zero-order valence-corrected chi connectivity index (χ0v) is 19.3. The number of rotatable bonds is 6. The highest BCUT2D eigenvalue weighted by Gasteiger charge is 2.19. The Labute approximate surface area is 178 Å². The number of nitrogens with zero attached hydrogens (tertiary/aromatic N) is 2. The number of carbonyl (C=O) groups is 1. The highest BCUT2D eigenvalue weighted by Crippen LogP contribution is 2.20. The number of fused-ring (bicyclic) bond motifs is 1. The van der Waals surface area contributed by atoms with Crippen LogP contribution in [0.2, 0.25) is 0 Å². The van der Waals surface area contributed by atoms with Gasteiger partial charge in [-0.05, 0) is 36.6 Å². The Morgan fingerprint density at radius 2 is 2.04 bits per heavy atom. The third-order valence-electron chi connectivity index (χ3n) is 4.52. The zero-order valence-electron chi connectivity index (χ0n) is 16.1. The Balaban J connectivity index is 0.00000338. The van der Waals surface area contributed by atoms with Crippen LogP contribution in [-0.2, 0) is 17.6 Å². The third kappa shape index (κ3) is 7.34. The molecule has 0 radical (unpaired) electrons. The number of hydrogen-bond donors (Lipinski definition) is 2. The lowest BCUT2D eigenvalue weighted by Crippen LogP contribution is -2.47. The van der Waals surface area contributed by atoms with Crippen LogP contribution in [0, 0.1) is 0 Å². The van der Waals surface area contributed by atoms with Gasteiger partial charge in [-0.3, -0.25) is 4.79 Å².